The molecule has 2 rings (SSSR count). The van der Waals surface area contributed by atoms with Gasteiger partial charge >= 0.3 is 6.36 Å². The summed E-state index contributed by atoms with van der Waals surface area (Å²) in [5.74, 6) is -0.651. The van der Waals surface area contributed by atoms with Crippen LogP contribution in [0.4, 0.5) is 17.6 Å². The van der Waals surface area contributed by atoms with Gasteiger partial charge in [0, 0.05) is 0 Å². The Morgan fingerprint density at radius 3 is 2.16 bits per heavy atom. The van der Waals surface area contributed by atoms with E-state index in [1.54, 1.807) is 18.2 Å². The van der Waals surface area contributed by atoms with E-state index in [0.717, 1.165) is 0 Å². The summed E-state index contributed by atoms with van der Waals surface area (Å²) in [7, 11) is 0. The Kier molecular flexibility index (Phi) is 3.74. The van der Waals surface area contributed by atoms with Gasteiger partial charge in [-0.05, 0) is 41.8 Å². The number of hydrogen-bond donors (Lipinski definition) is 0. The molecule has 0 radical (unpaired) electrons. The van der Waals surface area contributed by atoms with Crippen molar-refractivity contribution in [3.63, 3.8) is 0 Å². The Bertz CT molecular complexity index is 563. The molecule has 0 spiro atoms. The van der Waals surface area contributed by atoms with Gasteiger partial charge in [-0.15, -0.1) is 13.2 Å². The van der Waals surface area contributed by atoms with Crippen LogP contribution in [0.2, 0.25) is 0 Å². The van der Waals surface area contributed by atoms with Crippen LogP contribution in [0.1, 0.15) is 11.1 Å². The molecular weight excluding hydrogens is 260 g/mol. The summed E-state index contributed by atoms with van der Waals surface area (Å²) in [5.41, 5.74) is 1.30. The largest absolute Gasteiger partial charge is 0.573 e. The first kappa shape index (κ1) is 13.4. The minimum atomic E-state index is -4.71. The minimum absolute atomic E-state index is 0.276. The van der Waals surface area contributed by atoms with E-state index in [1.807, 2.05) is 0 Å². The van der Waals surface area contributed by atoms with Crippen molar-refractivity contribution in [2.24, 2.45) is 0 Å². The molecule has 0 aromatic heterocycles. The Hall–Kier alpha value is -2.04. The summed E-state index contributed by atoms with van der Waals surface area (Å²) in [5, 5.41) is 0. The van der Waals surface area contributed by atoms with Crippen LogP contribution >= 0.6 is 0 Å². The SMILES string of the molecule is Fc1cccc(Cc2cccc(OC(F)(F)F)c2)c1. The van der Waals surface area contributed by atoms with Crippen LogP contribution < -0.4 is 4.74 Å². The van der Waals surface area contributed by atoms with Gasteiger partial charge < -0.3 is 4.74 Å². The van der Waals surface area contributed by atoms with Crippen molar-refractivity contribution in [2.75, 3.05) is 0 Å². The van der Waals surface area contributed by atoms with Crippen LogP contribution in [0.3, 0.4) is 0 Å². The summed E-state index contributed by atoms with van der Waals surface area (Å²) in [6.45, 7) is 0. The maximum Gasteiger partial charge on any atom is 0.573 e. The molecule has 0 saturated carbocycles. The Morgan fingerprint density at radius 1 is 0.895 bits per heavy atom. The predicted molar refractivity (Wildman–Crippen MR) is 62.3 cm³/mol. The van der Waals surface area contributed by atoms with Gasteiger partial charge in [0.2, 0.25) is 0 Å². The summed E-state index contributed by atoms with van der Waals surface area (Å²) in [6, 6.07) is 11.6. The molecule has 0 aliphatic carbocycles. The standard InChI is InChI=1S/C14H10F4O/c15-12-5-1-3-10(8-12)7-11-4-2-6-13(9-11)19-14(16,17)18/h1-6,8-9H,7H2. The molecule has 0 atom stereocenters. The van der Waals surface area contributed by atoms with Gasteiger partial charge in [-0.2, -0.15) is 0 Å². The Labute approximate surface area is 107 Å². The molecule has 0 fully saturated rings. The number of alkyl halides is 3. The quantitative estimate of drug-likeness (QED) is 0.755. The number of halogens is 4. The van der Waals surface area contributed by atoms with Crippen molar-refractivity contribution in [1.29, 1.82) is 0 Å². The van der Waals surface area contributed by atoms with Gasteiger partial charge in [0.15, 0.2) is 0 Å². The third-order valence-electron chi connectivity index (χ3n) is 2.43. The van der Waals surface area contributed by atoms with Gasteiger partial charge in [0.1, 0.15) is 11.6 Å². The van der Waals surface area contributed by atoms with Crippen LogP contribution in [-0.2, 0) is 6.42 Å². The maximum atomic E-state index is 13.0. The first-order chi connectivity index (χ1) is 8.92. The molecule has 5 heteroatoms. The Balaban J connectivity index is 2.15. The molecule has 1 nitrogen and oxygen atoms in total. The molecule has 0 aliphatic heterocycles. The zero-order chi connectivity index (χ0) is 13.9. The summed E-state index contributed by atoms with van der Waals surface area (Å²) < 4.78 is 53.1. The minimum Gasteiger partial charge on any atom is -0.406 e. The molecule has 0 aliphatic rings. The lowest BCUT2D eigenvalue weighted by atomic mass is 10.0. The van der Waals surface area contributed by atoms with Crippen LogP contribution in [-0.4, -0.2) is 6.36 Å². The molecule has 19 heavy (non-hydrogen) atoms. The van der Waals surface area contributed by atoms with Crippen molar-refractivity contribution >= 4 is 0 Å². The van der Waals surface area contributed by atoms with Crippen molar-refractivity contribution in [1.82, 2.24) is 0 Å². The zero-order valence-corrected chi connectivity index (χ0v) is 9.75. The normalized spacial score (nSPS) is 11.4. The van der Waals surface area contributed by atoms with Crippen LogP contribution in [0.5, 0.6) is 5.75 Å². The molecule has 2 aromatic carbocycles. The number of ether oxygens (including phenoxy) is 1. The first-order valence-corrected chi connectivity index (χ1v) is 5.51. The number of benzene rings is 2. The van der Waals surface area contributed by atoms with E-state index in [-0.39, 0.29) is 11.6 Å². The maximum absolute atomic E-state index is 13.0. The molecule has 100 valence electrons. The van der Waals surface area contributed by atoms with E-state index in [4.69, 9.17) is 0 Å². The fraction of sp³-hybridized carbons (Fsp3) is 0.143. The lowest BCUT2D eigenvalue weighted by Crippen LogP contribution is -2.17. The average Bonchev–Trinajstić information content (AvgIpc) is 2.27. The van der Waals surface area contributed by atoms with Crippen molar-refractivity contribution in [2.45, 2.75) is 12.8 Å². The lowest BCUT2D eigenvalue weighted by molar-refractivity contribution is -0.274. The first-order valence-electron chi connectivity index (χ1n) is 5.51. The van der Waals surface area contributed by atoms with E-state index in [9.17, 15) is 17.6 Å². The molecule has 0 unspecified atom stereocenters. The Morgan fingerprint density at radius 2 is 1.53 bits per heavy atom. The number of hydrogen-bond acceptors (Lipinski definition) is 1. The van der Waals surface area contributed by atoms with Gasteiger partial charge in [0.25, 0.3) is 0 Å². The molecule has 0 heterocycles. The van der Waals surface area contributed by atoms with E-state index in [1.165, 1.54) is 30.3 Å². The highest BCUT2D eigenvalue weighted by Crippen LogP contribution is 2.24. The summed E-state index contributed by atoms with van der Waals surface area (Å²) in [6.07, 6.45) is -4.37. The van der Waals surface area contributed by atoms with Gasteiger partial charge in [-0.3, -0.25) is 0 Å². The van der Waals surface area contributed by atoms with Crippen molar-refractivity contribution in [3.8, 4) is 5.75 Å². The van der Waals surface area contributed by atoms with E-state index < -0.39 is 6.36 Å². The second-order valence-corrected chi connectivity index (χ2v) is 4.00. The van der Waals surface area contributed by atoms with Gasteiger partial charge in [-0.25, -0.2) is 4.39 Å². The van der Waals surface area contributed by atoms with Gasteiger partial charge in [0.05, 0.1) is 0 Å². The zero-order valence-electron chi connectivity index (χ0n) is 9.75. The fourth-order valence-corrected chi connectivity index (χ4v) is 1.74. The molecule has 0 N–H and O–H groups in total. The molecule has 2 aromatic rings. The number of rotatable bonds is 3. The highest BCUT2D eigenvalue weighted by molar-refractivity contribution is 5.32. The molecule has 0 saturated heterocycles. The topological polar surface area (TPSA) is 9.23 Å². The third-order valence-corrected chi connectivity index (χ3v) is 2.43. The van der Waals surface area contributed by atoms with Crippen LogP contribution in [0, 0.1) is 5.82 Å². The average molecular weight is 270 g/mol. The smallest absolute Gasteiger partial charge is 0.406 e. The predicted octanol–water partition coefficient (Wildman–Crippen LogP) is 4.32. The summed E-state index contributed by atoms with van der Waals surface area (Å²) >= 11 is 0. The van der Waals surface area contributed by atoms with E-state index in [0.29, 0.717) is 17.5 Å². The fourth-order valence-electron chi connectivity index (χ4n) is 1.74. The van der Waals surface area contributed by atoms with Gasteiger partial charge in [-0.1, -0.05) is 24.3 Å². The lowest BCUT2D eigenvalue weighted by Gasteiger charge is -2.10. The molecular formula is C14H10F4O. The third kappa shape index (κ3) is 4.28. The van der Waals surface area contributed by atoms with Crippen LogP contribution in [0.15, 0.2) is 48.5 Å². The van der Waals surface area contributed by atoms with Crippen molar-refractivity contribution < 1.29 is 22.3 Å². The van der Waals surface area contributed by atoms with Crippen LogP contribution in [0.25, 0.3) is 0 Å². The second-order valence-electron chi connectivity index (χ2n) is 4.00. The second kappa shape index (κ2) is 5.30. The van der Waals surface area contributed by atoms with E-state index >= 15 is 0 Å². The van der Waals surface area contributed by atoms with Crippen molar-refractivity contribution in [3.05, 3.63) is 65.5 Å². The molecule has 0 amide bonds. The summed E-state index contributed by atoms with van der Waals surface area (Å²) in [4.78, 5) is 0. The monoisotopic (exact) mass is 270 g/mol. The molecule has 0 bridgehead atoms. The highest BCUT2D eigenvalue weighted by Gasteiger charge is 2.31. The van der Waals surface area contributed by atoms with E-state index in [2.05, 4.69) is 4.74 Å². The highest BCUT2D eigenvalue weighted by atomic mass is 19.4.